The van der Waals surface area contributed by atoms with Crippen molar-refractivity contribution < 1.29 is 0 Å². The number of pyridine rings is 1. The van der Waals surface area contributed by atoms with Crippen LogP contribution in [0.3, 0.4) is 0 Å². The Hall–Kier alpha value is -4.76. The van der Waals surface area contributed by atoms with Crippen molar-refractivity contribution >= 4 is 27.3 Å². The van der Waals surface area contributed by atoms with E-state index in [0.717, 1.165) is 27.9 Å². The summed E-state index contributed by atoms with van der Waals surface area (Å²) in [4.78, 5) is 0. The molecule has 0 saturated carbocycles. The lowest BCUT2D eigenvalue weighted by atomic mass is 9.93. The molecule has 184 valence electrons. The quantitative estimate of drug-likeness (QED) is 0.230. The second-order valence-corrected chi connectivity index (χ2v) is 9.24. The fourth-order valence-corrected chi connectivity index (χ4v) is 5.21. The highest BCUT2D eigenvalue weighted by atomic mass is 15.2. The third kappa shape index (κ3) is 3.93. The predicted octanol–water partition coefficient (Wildman–Crippen LogP) is 9.37. The molecule has 2 aromatic heterocycles. The zero-order chi connectivity index (χ0) is 26.1. The van der Waals surface area contributed by atoms with E-state index in [1.165, 1.54) is 38.6 Å². The molecule has 0 atom stereocenters. The highest BCUT2D eigenvalue weighted by Gasteiger charge is 2.17. The van der Waals surface area contributed by atoms with Gasteiger partial charge in [-0.05, 0) is 46.7 Å². The maximum atomic E-state index is 4.64. The van der Waals surface area contributed by atoms with Crippen LogP contribution >= 0.6 is 0 Å². The smallest absolute Gasteiger partial charge is 0.169 e. The van der Waals surface area contributed by atoms with Gasteiger partial charge >= 0.3 is 0 Å². The molecule has 7 rings (SSSR count). The molecule has 2 heterocycles. The van der Waals surface area contributed by atoms with E-state index in [0.29, 0.717) is 0 Å². The minimum absolute atomic E-state index is 0.859. The lowest BCUT2D eigenvalue weighted by Gasteiger charge is -2.14. The molecular weight excluding hydrogens is 462 g/mol. The molecule has 0 saturated heterocycles. The second-order valence-electron chi connectivity index (χ2n) is 9.24. The first-order chi connectivity index (χ1) is 18.8. The highest BCUT2D eigenvalue weighted by molar-refractivity contribution is 6.13. The van der Waals surface area contributed by atoms with Gasteiger partial charge in [0.2, 0.25) is 0 Å². The van der Waals surface area contributed by atoms with Gasteiger partial charge in [0, 0.05) is 16.3 Å². The van der Waals surface area contributed by atoms with Crippen LogP contribution in [0, 0.1) is 6.92 Å². The number of nitrogens with zero attached hydrogens (tertiary/aromatic N) is 3. The van der Waals surface area contributed by atoms with Crippen molar-refractivity contribution in [3.05, 3.63) is 127 Å². The molecule has 0 fully saturated rings. The Morgan fingerprint density at radius 2 is 1.11 bits per heavy atom. The monoisotopic (exact) mass is 491 g/mol. The summed E-state index contributed by atoms with van der Waals surface area (Å²) < 4.78 is 2.20. The van der Waals surface area contributed by atoms with Crippen LogP contribution in [0.2, 0.25) is 0 Å². The van der Waals surface area contributed by atoms with Gasteiger partial charge in [-0.2, -0.15) is 0 Å². The van der Waals surface area contributed by atoms with Crippen LogP contribution in [0.4, 0.5) is 0 Å². The third-order valence-electron chi connectivity index (χ3n) is 6.99. The molecule has 0 aliphatic carbocycles. The van der Waals surface area contributed by atoms with Gasteiger partial charge in [0.05, 0.1) is 5.52 Å². The van der Waals surface area contributed by atoms with Crippen molar-refractivity contribution in [3.8, 4) is 33.6 Å². The first-order valence-corrected chi connectivity index (χ1v) is 13.2. The van der Waals surface area contributed by atoms with Crippen LogP contribution in [-0.4, -0.2) is 14.6 Å². The molecule has 3 nitrogen and oxygen atoms in total. The number of fused-ring (bicyclic) bond motifs is 6. The molecule has 0 radical (unpaired) electrons. The summed E-state index contributed by atoms with van der Waals surface area (Å²) in [6.07, 6.45) is 0. The van der Waals surface area contributed by atoms with E-state index in [4.69, 9.17) is 0 Å². The van der Waals surface area contributed by atoms with Gasteiger partial charge in [-0.3, -0.25) is 4.40 Å². The van der Waals surface area contributed by atoms with Gasteiger partial charge in [0.25, 0.3) is 0 Å². The number of rotatable bonds is 3. The molecule has 0 aliphatic rings. The zero-order valence-corrected chi connectivity index (χ0v) is 21.9. The van der Waals surface area contributed by atoms with Gasteiger partial charge in [0.15, 0.2) is 11.5 Å². The van der Waals surface area contributed by atoms with Crippen molar-refractivity contribution in [1.29, 1.82) is 0 Å². The SMILES string of the molecule is CC.Cc1ccc(-c2nnc3c4ccccc4c4cc(-c5ccccc5-c5ccccc5)ccc4n23)cc1. The molecule has 0 unspecified atom stereocenters. The predicted molar refractivity (Wildman–Crippen MR) is 160 cm³/mol. The minimum atomic E-state index is 0.859. The summed E-state index contributed by atoms with van der Waals surface area (Å²) in [6, 6.07) is 43.0. The van der Waals surface area contributed by atoms with E-state index >= 15 is 0 Å². The number of aryl methyl sites for hydroxylation is 1. The van der Waals surface area contributed by atoms with Crippen LogP contribution in [-0.2, 0) is 0 Å². The van der Waals surface area contributed by atoms with Crippen LogP contribution in [0.1, 0.15) is 19.4 Å². The Balaban J connectivity index is 0.00000129. The number of hydrogen-bond donors (Lipinski definition) is 0. The van der Waals surface area contributed by atoms with Crippen LogP contribution < -0.4 is 0 Å². The topological polar surface area (TPSA) is 30.2 Å². The lowest BCUT2D eigenvalue weighted by molar-refractivity contribution is 1.12. The molecule has 0 amide bonds. The van der Waals surface area contributed by atoms with E-state index in [1.807, 2.05) is 13.8 Å². The van der Waals surface area contributed by atoms with Crippen LogP contribution in [0.25, 0.3) is 61.0 Å². The Morgan fingerprint density at radius 1 is 0.500 bits per heavy atom. The molecule has 38 heavy (non-hydrogen) atoms. The van der Waals surface area contributed by atoms with Crippen molar-refractivity contribution in [1.82, 2.24) is 14.6 Å². The molecule has 0 bridgehead atoms. The number of aromatic nitrogens is 3. The summed E-state index contributed by atoms with van der Waals surface area (Å²) >= 11 is 0. The third-order valence-corrected chi connectivity index (χ3v) is 6.99. The lowest BCUT2D eigenvalue weighted by Crippen LogP contribution is -1.95. The number of benzene rings is 5. The van der Waals surface area contributed by atoms with Gasteiger partial charge in [0.1, 0.15) is 0 Å². The molecular formula is C35H29N3. The fourth-order valence-electron chi connectivity index (χ4n) is 5.21. The maximum Gasteiger partial charge on any atom is 0.169 e. The Bertz CT molecular complexity index is 1880. The van der Waals surface area contributed by atoms with Gasteiger partial charge in [-0.25, -0.2) is 0 Å². The standard InChI is InChI=1S/C33H23N3.C2H6/c1-22-15-17-24(18-16-22)32-34-35-33-29-14-8-7-13-28(29)30-21-25(19-20-31(30)36(32)33)27-12-6-5-11-26(27)23-9-3-2-4-10-23;1-2/h2-21H,1H3;1-2H3. The average Bonchev–Trinajstić information content (AvgIpc) is 3.45. The normalized spacial score (nSPS) is 11.0. The Morgan fingerprint density at radius 3 is 1.84 bits per heavy atom. The largest absolute Gasteiger partial charge is 0.274 e. The summed E-state index contributed by atoms with van der Waals surface area (Å²) in [7, 11) is 0. The van der Waals surface area contributed by atoms with Crippen molar-refractivity contribution in [2.75, 3.05) is 0 Å². The maximum absolute atomic E-state index is 4.64. The molecule has 3 heteroatoms. The first kappa shape index (κ1) is 23.6. The Labute approximate surface area is 223 Å². The van der Waals surface area contributed by atoms with Crippen LogP contribution in [0.15, 0.2) is 121 Å². The minimum Gasteiger partial charge on any atom is -0.274 e. The Kier molecular flexibility index (Phi) is 6.19. The molecule has 7 aromatic rings. The van der Waals surface area contributed by atoms with Crippen molar-refractivity contribution in [3.63, 3.8) is 0 Å². The summed E-state index contributed by atoms with van der Waals surface area (Å²) in [5.74, 6) is 0.859. The number of hydrogen-bond acceptors (Lipinski definition) is 2. The summed E-state index contributed by atoms with van der Waals surface area (Å²) in [5, 5.41) is 12.8. The van der Waals surface area contributed by atoms with E-state index in [2.05, 4.69) is 143 Å². The van der Waals surface area contributed by atoms with Crippen LogP contribution in [0.5, 0.6) is 0 Å². The van der Waals surface area contributed by atoms with E-state index in [1.54, 1.807) is 0 Å². The molecule has 0 spiro atoms. The highest BCUT2D eigenvalue weighted by Crippen LogP contribution is 2.37. The molecule has 5 aromatic carbocycles. The zero-order valence-electron chi connectivity index (χ0n) is 21.9. The van der Waals surface area contributed by atoms with Crippen molar-refractivity contribution in [2.24, 2.45) is 0 Å². The first-order valence-electron chi connectivity index (χ1n) is 13.2. The molecule has 0 N–H and O–H groups in total. The van der Waals surface area contributed by atoms with E-state index in [9.17, 15) is 0 Å². The van der Waals surface area contributed by atoms with Gasteiger partial charge in [-0.1, -0.05) is 129 Å². The van der Waals surface area contributed by atoms with E-state index in [-0.39, 0.29) is 0 Å². The summed E-state index contributed by atoms with van der Waals surface area (Å²) in [6.45, 7) is 6.10. The van der Waals surface area contributed by atoms with Gasteiger partial charge < -0.3 is 0 Å². The second kappa shape index (κ2) is 9.95. The van der Waals surface area contributed by atoms with Gasteiger partial charge in [-0.15, -0.1) is 10.2 Å². The molecule has 0 aliphatic heterocycles. The average molecular weight is 492 g/mol. The fraction of sp³-hybridized carbons (Fsp3) is 0.0857. The van der Waals surface area contributed by atoms with Crippen molar-refractivity contribution in [2.45, 2.75) is 20.8 Å². The summed E-state index contributed by atoms with van der Waals surface area (Å²) in [5.41, 5.74) is 9.12. The van der Waals surface area contributed by atoms with E-state index < -0.39 is 0 Å².